The van der Waals surface area contributed by atoms with Crippen molar-refractivity contribution in [1.82, 2.24) is 4.90 Å². The number of alkyl halides is 6. The van der Waals surface area contributed by atoms with E-state index in [0.717, 1.165) is 18.2 Å². The second kappa shape index (κ2) is 12.1. The highest BCUT2D eigenvalue weighted by molar-refractivity contribution is 5.78. The van der Waals surface area contributed by atoms with Crippen molar-refractivity contribution in [2.24, 2.45) is 0 Å². The summed E-state index contributed by atoms with van der Waals surface area (Å²) in [6, 6.07) is 8.34. The van der Waals surface area contributed by atoms with Crippen LogP contribution < -0.4 is 15.4 Å². The molecule has 1 saturated heterocycles. The third kappa shape index (κ3) is 7.29. The van der Waals surface area contributed by atoms with E-state index >= 15 is 0 Å². The molecule has 2 aliphatic rings. The van der Waals surface area contributed by atoms with Crippen LogP contribution in [-0.4, -0.2) is 66.2 Å². The molecule has 2 aromatic rings. The standard InChI is InChI=1S/C26H30F6N4O4/c27-25(28,29)20-3-1-2-4-22(20)34-11-13-35(14-12-34)24(37)16-40-19-8-5-17(6-9-19)33-18-7-10-23(36(38)39)21(15-18)26(30,31)32/h1-4,7,10,15,17,19,33,38-39H,5-6,8-9,11-14,16H2. The van der Waals surface area contributed by atoms with Gasteiger partial charge in [0.25, 0.3) is 0 Å². The van der Waals surface area contributed by atoms with Crippen LogP contribution in [0.1, 0.15) is 36.8 Å². The van der Waals surface area contributed by atoms with Crippen LogP contribution in [0.25, 0.3) is 0 Å². The molecule has 14 heteroatoms. The van der Waals surface area contributed by atoms with Crippen molar-refractivity contribution in [2.45, 2.75) is 50.2 Å². The van der Waals surface area contributed by atoms with Crippen molar-refractivity contribution < 1.29 is 46.3 Å². The summed E-state index contributed by atoms with van der Waals surface area (Å²) in [6.45, 7) is 0.918. The SMILES string of the molecule is O=C(COC1CCC(Nc2ccc(N(O)O)c(C(F)(F)F)c2)CC1)N1CCN(c2ccccc2C(F)(F)F)CC1. The number of ether oxygens (including phenoxy) is 1. The van der Waals surface area contributed by atoms with Gasteiger partial charge in [0.2, 0.25) is 5.91 Å². The van der Waals surface area contributed by atoms with E-state index in [4.69, 9.17) is 15.2 Å². The first kappa shape index (κ1) is 29.7. The molecule has 2 fully saturated rings. The molecule has 0 atom stereocenters. The molecule has 0 bridgehead atoms. The second-order valence-corrected chi connectivity index (χ2v) is 9.83. The Morgan fingerprint density at radius 1 is 0.900 bits per heavy atom. The summed E-state index contributed by atoms with van der Waals surface area (Å²) in [5.41, 5.74) is -2.40. The molecular formula is C26H30F6N4O4. The molecule has 1 saturated carbocycles. The lowest BCUT2D eigenvalue weighted by Crippen LogP contribution is -2.50. The lowest BCUT2D eigenvalue weighted by Gasteiger charge is -2.37. The van der Waals surface area contributed by atoms with Crippen molar-refractivity contribution in [1.29, 1.82) is 0 Å². The lowest BCUT2D eigenvalue weighted by atomic mass is 9.92. The number of benzene rings is 2. The Morgan fingerprint density at radius 2 is 1.52 bits per heavy atom. The highest BCUT2D eigenvalue weighted by Gasteiger charge is 2.37. The first-order valence-electron chi connectivity index (χ1n) is 12.8. The molecule has 1 aliphatic carbocycles. The Bertz CT molecular complexity index is 1160. The van der Waals surface area contributed by atoms with E-state index < -0.39 is 34.4 Å². The summed E-state index contributed by atoms with van der Waals surface area (Å²) in [7, 11) is 0. The molecule has 0 unspecified atom stereocenters. The van der Waals surface area contributed by atoms with Gasteiger partial charge in [-0.05, 0) is 56.0 Å². The second-order valence-electron chi connectivity index (χ2n) is 9.83. The van der Waals surface area contributed by atoms with Crippen molar-refractivity contribution in [3.63, 3.8) is 0 Å². The van der Waals surface area contributed by atoms with Crippen molar-refractivity contribution >= 4 is 23.0 Å². The number of halogens is 6. The molecule has 8 nitrogen and oxygen atoms in total. The molecule has 0 aromatic heterocycles. The minimum absolute atomic E-state index is 0.0954. The molecule has 40 heavy (non-hydrogen) atoms. The Labute approximate surface area is 226 Å². The van der Waals surface area contributed by atoms with Gasteiger partial charge in [-0.25, -0.2) is 0 Å². The van der Waals surface area contributed by atoms with Crippen LogP contribution in [0, 0.1) is 0 Å². The quantitative estimate of drug-likeness (QED) is 0.301. The van der Waals surface area contributed by atoms with Crippen LogP contribution in [0.5, 0.6) is 0 Å². The normalized spacial score (nSPS) is 20.4. The Morgan fingerprint density at radius 3 is 2.12 bits per heavy atom. The molecule has 2 aromatic carbocycles. The highest BCUT2D eigenvalue weighted by Crippen LogP contribution is 2.39. The van der Waals surface area contributed by atoms with Gasteiger partial charge in [-0.1, -0.05) is 12.1 Å². The van der Waals surface area contributed by atoms with Crippen molar-refractivity contribution in [3.05, 3.63) is 53.6 Å². The van der Waals surface area contributed by atoms with Crippen LogP contribution in [0.4, 0.5) is 43.4 Å². The van der Waals surface area contributed by atoms with Gasteiger partial charge in [0.15, 0.2) is 0 Å². The van der Waals surface area contributed by atoms with Gasteiger partial charge in [-0.15, -0.1) is 5.23 Å². The number of piperazine rings is 1. The van der Waals surface area contributed by atoms with Crippen LogP contribution in [0.3, 0.4) is 0 Å². The van der Waals surface area contributed by atoms with Crippen LogP contribution >= 0.6 is 0 Å². The number of hydrogen-bond acceptors (Lipinski definition) is 7. The Kier molecular flexibility index (Phi) is 9.00. The van der Waals surface area contributed by atoms with Gasteiger partial charge in [-0.3, -0.25) is 15.2 Å². The van der Waals surface area contributed by atoms with Gasteiger partial charge in [0.1, 0.15) is 12.3 Å². The molecule has 220 valence electrons. The number of amides is 1. The van der Waals surface area contributed by atoms with Gasteiger partial charge < -0.3 is 19.9 Å². The van der Waals surface area contributed by atoms with Crippen LogP contribution in [-0.2, 0) is 21.9 Å². The van der Waals surface area contributed by atoms with E-state index in [1.165, 1.54) is 18.2 Å². The maximum absolute atomic E-state index is 13.3. The van der Waals surface area contributed by atoms with E-state index in [1.54, 1.807) is 15.9 Å². The molecule has 1 amide bonds. The molecule has 0 spiro atoms. The monoisotopic (exact) mass is 576 g/mol. The zero-order valence-electron chi connectivity index (χ0n) is 21.4. The minimum atomic E-state index is -4.78. The fourth-order valence-electron chi connectivity index (χ4n) is 5.10. The average molecular weight is 577 g/mol. The van der Waals surface area contributed by atoms with E-state index in [1.807, 2.05) is 0 Å². The van der Waals surface area contributed by atoms with Gasteiger partial charge >= 0.3 is 12.4 Å². The third-order valence-electron chi connectivity index (χ3n) is 7.19. The number of hydrogen-bond donors (Lipinski definition) is 3. The molecule has 0 radical (unpaired) electrons. The molecule has 1 heterocycles. The number of nitrogens with one attached hydrogen (secondary N) is 1. The highest BCUT2D eigenvalue weighted by atomic mass is 19.4. The summed E-state index contributed by atoms with van der Waals surface area (Å²) in [6.07, 6.45) is -7.11. The summed E-state index contributed by atoms with van der Waals surface area (Å²) >= 11 is 0. The summed E-state index contributed by atoms with van der Waals surface area (Å²) in [5, 5.41) is 20.6. The maximum Gasteiger partial charge on any atom is 0.418 e. The Balaban J connectivity index is 1.22. The summed E-state index contributed by atoms with van der Waals surface area (Å²) in [4.78, 5) is 15.9. The average Bonchev–Trinajstić information content (AvgIpc) is 2.91. The predicted octanol–water partition coefficient (Wildman–Crippen LogP) is 5.40. The van der Waals surface area contributed by atoms with E-state index in [2.05, 4.69) is 5.32 Å². The van der Waals surface area contributed by atoms with Gasteiger partial charge in [0.05, 0.1) is 17.2 Å². The number of anilines is 3. The van der Waals surface area contributed by atoms with E-state index in [-0.39, 0.29) is 62.2 Å². The van der Waals surface area contributed by atoms with E-state index in [9.17, 15) is 31.1 Å². The van der Waals surface area contributed by atoms with Crippen molar-refractivity contribution in [3.8, 4) is 0 Å². The fraction of sp³-hybridized carbons (Fsp3) is 0.500. The van der Waals surface area contributed by atoms with Gasteiger partial charge in [-0.2, -0.15) is 26.3 Å². The number of carbonyl (C=O) groups is 1. The number of para-hydroxylation sites is 1. The minimum Gasteiger partial charge on any atom is -0.382 e. The maximum atomic E-state index is 13.3. The number of carbonyl (C=O) groups excluding carboxylic acids is 1. The first-order valence-corrected chi connectivity index (χ1v) is 12.8. The van der Waals surface area contributed by atoms with Crippen molar-refractivity contribution in [2.75, 3.05) is 48.2 Å². The predicted molar refractivity (Wildman–Crippen MR) is 133 cm³/mol. The zero-order valence-corrected chi connectivity index (χ0v) is 21.4. The number of nitrogens with zero attached hydrogens (tertiary/aromatic N) is 3. The topological polar surface area (TPSA) is 88.5 Å². The molecule has 1 aliphatic heterocycles. The first-order chi connectivity index (χ1) is 18.8. The van der Waals surface area contributed by atoms with Crippen LogP contribution in [0.2, 0.25) is 0 Å². The van der Waals surface area contributed by atoms with E-state index in [0.29, 0.717) is 25.7 Å². The Hall–Kier alpha value is -3.23. The fourth-order valence-corrected chi connectivity index (χ4v) is 5.10. The summed E-state index contributed by atoms with van der Waals surface area (Å²) < 4.78 is 85.7. The number of rotatable bonds is 7. The third-order valence-corrected chi connectivity index (χ3v) is 7.19. The molecule has 4 rings (SSSR count). The van der Waals surface area contributed by atoms with Crippen LogP contribution in [0.15, 0.2) is 42.5 Å². The largest absolute Gasteiger partial charge is 0.418 e. The zero-order chi connectivity index (χ0) is 29.1. The van der Waals surface area contributed by atoms with Gasteiger partial charge in [0, 0.05) is 43.6 Å². The smallest absolute Gasteiger partial charge is 0.382 e. The lowest BCUT2D eigenvalue weighted by molar-refractivity contribution is -0.140. The molecule has 3 N–H and O–H groups in total. The summed E-state index contributed by atoms with van der Waals surface area (Å²) in [5.74, 6) is -0.245. The molecular weight excluding hydrogens is 546 g/mol.